The number of carbonyl (C=O) groups excluding carboxylic acids is 1. The Labute approximate surface area is 66.9 Å². The Morgan fingerprint density at radius 3 is 2.64 bits per heavy atom. The number of hydrogen-bond donors (Lipinski definition) is 1. The van der Waals surface area contributed by atoms with E-state index in [0.717, 1.165) is 0 Å². The van der Waals surface area contributed by atoms with Crippen LogP contribution in [0, 0.1) is 0 Å². The van der Waals surface area contributed by atoms with E-state index in [1.165, 1.54) is 0 Å². The quantitative estimate of drug-likeness (QED) is 0.445. The Bertz CT molecular complexity index is 108. The molecule has 0 aliphatic carbocycles. The van der Waals surface area contributed by atoms with Crippen molar-refractivity contribution in [1.82, 2.24) is 5.32 Å². The molecule has 66 valence electrons. The highest BCUT2D eigenvalue weighted by Crippen LogP contribution is 1.96. The molecule has 0 spiro atoms. The maximum atomic E-state index is 10.00. The van der Waals surface area contributed by atoms with Gasteiger partial charge in [-0.15, -0.1) is 0 Å². The van der Waals surface area contributed by atoms with E-state index < -0.39 is 0 Å². The molecule has 4 nitrogen and oxygen atoms in total. The molecule has 0 saturated heterocycles. The van der Waals surface area contributed by atoms with Crippen LogP contribution >= 0.6 is 0 Å². The smallest absolute Gasteiger partial charge is 0.207 e. The molecule has 0 bridgehead atoms. The second kappa shape index (κ2) is 6.12. The van der Waals surface area contributed by atoms with Crippen LogP contribution in [0.3, 0.4) is 0 Å². The van der Waals surface area contributed by atoms with E-state index in [-0.39, 0.29) is 18.9 Å². The van der Waals surface area contributed by atoms with Gasteiger partial charge in [0.15, 0.2) is 0 Å². The second-order valence-electron chi connectivity index (χ2n) is 2.35. The van der Waals surface area contributed by atoms with E-state index in [1.54, 1.807) is 7.11 Å². The predicted molar refractivity (Wildman–Crippen MR) is 41.1 cm³/mol. The van der Waals surface area contributed by atoms with E-state index >= 15 is 0 Å². The number of rotatable bonds is 6. The third-order valence-electron chi connectivity index (χ3n) is 1.48. The van der Waals surface area contributed by atoms with Gasteiger partial charge in [-0.25, -0.2) is 0 Å². The fraction of sp³-hybridized carbons (Fsp3) is 0.857. The summed E-state index contributed by atoms with van der Waals surface area (Å²) in [4.78, 5) is 10.00. The number of hydrogen-bond acceptors (Lipinski definition) is 3. The summed E-state index contributed by atoms with van der Waals surface area (Å²) < 4.78 is 9.86. The predicted octanol–water partition coefficient (Wildman–Crippen LogP) is 0.130. The Morgan fingerprint density at radius 2 is 2.18 bits per heavy atom. The van der Waals surface area contributed by atoms with Gasteiger partial charge in [-0.05, 0) is 13.8 Å². The van der Waals surface area contributed by atoms with Gasteiger partial charge < -0.3 is 14.8 Å². The van der Waals surface area contributed by atoms with Crippen LogP contribution in [-0.2, 0) is 14.3 Å². The van der Waals surface area contributed by atoms with Crippen molar-refractivity contribution in [2.75, 3.05) is 13.9 Å². The van der Waals surface area contributed by atoms with Crippen molar-refractivity contribution in [3.63, 3.8) is 0 Å². The third-order valence-corrected chi connectivity index (χ3v) is 1.48. The third kappa shape index (κ3) is 4.75. The van der Waals surface area contributed by atoms with Gasteiger partial charge in [0.05, 0.1) is 12.1 Å². The number of carbonyl (C=O) groups is 1. The average Bonchev–Trinajstić information content (AvgIpc) is 2.00. The van der Waals surface area contributed by atoms with Crippen LogP contribution in [0.25, 0.3) is 0 Å². The maximum Gasteiger partial charge on any atom is 0.207 e. The molecule has 1 amide bonds. The van der Waals surface area contributed by atoms with E-state index in [1.807, 2.05) is 13.8 Å². The van der Waals surface area contributed by atoms with Crippen molar-refractivity contribution >= 4 is 6.41 Å². The monoisotopic (exact) mass is 161 g/mol. The van der Waals surface area contributed by atoms with E-state index in [4.69, 9.17) is 9.47 Å². The molecule has 0 aromatic rings. The lowest BCUT2D eigenvalue weighted by Gasteiger charge is -2.18. The van der Waals surface area contributed by atoms with Crippen LogP contribution in [0.5, 0.6) is 0 Å². The van der Waals surface area contributed by atoms with Crippen LogP contribution in [0.1, 0.15) is 13.8 Å². The van der Waals surface area contributed by atoms with Crippen molar-refractivity contribution in [2.24, 2.45) is 0 Å². The fourth-order valence-electron chi connectivity index (χ4n) is 0.563. The minimum absolute atomic E-state index is 0.0163. The SMILES string of the molecule is COCOC(C)C(C)NC=O. The summed E-state index contributed by atoms with van der Waals surface area (Å²) in [5.74, 6) is 0. The number of amides is 1. The van der Waals surface area contributed by atoms with Gasteiger partial charge in [0.1, 0.15) is 6.79 Å². The standard InChI is InChI=1S/C7H15NO3/c1-6(8-4-9)7(2)11-5-10-3/h4,6-7H,5H2,1-3H3,(H,8,9). The van der Waals surface area contributed by atoms with Crippen LogP contribution in [0.2, 0.25) is 0 Å². The topological polar surface area (TPSA) is 47.6 Å². The summed E-state index contributed by atoms with van der Waals surface area (Å²) >= 11 is 0. The van der Waals surface area contributed by atoms with Crippen LogP contribution < -0.4 is 5.32 Å². The van der Waals surface area contributed by atoms with Gasteiger partial charge in [0.25, 0.3) is 0 Å². The Kier molecular flexibility index (Phi) is 5.78. The lowest BCUT2D eigenvalue weighted by molar-refractivity contribution is -0.113. The van der Waals surface area contributed by atoms with Crippen molar-refractivity contribution in [3.8, 4) is 0 Å². The summed E-state index contributed by atoms with van der Waals surface area (Å²) in [7, 11) is 1.56. The number of ether oxygens (including phenoxy) is 2. The Hall–Kier alpha value is -0.610. The van der Waals surface area contributed by atoms with Crippen LogP contribution in [-0.4, -0.2) is 32.5 Å². The van der Waals surface area contributed by atoms with Crippen molar-refractivity contribution in [3.05, 3.63) is 0 Å². The molecule has 0 heterocycles. The van der Waals surface area contributed by atoms with E-state index in [2.05, 4.69) is 5.32 Å². The van der Waals surface area contributed by atoms with Crippen molar-refractivity contribution < 1.29 is 14.3 Å². The Balaban J connectivity index is 3.45. The molecule has 2 unspecified atom stereocenters. The largest absolute Gasteiger partial charge is 0.359 e. The summed E-state index contributed by atoms with van der Waals surface area (Å²) in [5.41, 5.74) is 0. The van der Waals surface area contributed by atoms with Crippen LogP contribution in [0.15, 0.2) is 0 Å². The van der Waals surface area contributed by atoms with E-state index in [9.17, 15) is 4.79 Å². The first-order valence-corrected chi connectivity index (χ1v) is 3.52. The molecule has 2 atom stereocenters. The van der Waals surface area contributed by atoms with E-state index in [0.29, 0.717) is 6.41 Å². The highest BCUT2D eigenvalue weighted by Gasteiger charge is 2.10. The molecule has 0 aliphatic rings. The molecule has 1 N–H and O–H groups in total. The normalized spacial score (nSPS) is 15.5. The summed E-state index contributed by atoms with van der Waals surface area (Å²) in [6, 6.07) is 0.0163. The lowest BCUT2D eigenvalue weighted by atomic mass is 10.2. The average molecular weight is 161 g/mol. The van der Waals surface area contributed by atoms with Crippen LogP contribution in [0.4, 0.5) is 0 Å². The molecule has 4 heteroatoms. The Morgan fingerprint density at radius 1 is 1.55 bits per heavy atom. The first kappa shape index (κ1) is 10.4. The van der Waals surface area contributed by atoms with Gasteiger partial charge in [-0.1, -0.05) is 0 Å². The first-order chi connectivity index (χ1) is 5.22. The van der Waals surface area contributed by atoms with Crippen molar-refractivity contribution in [2.45, 2.75) is 26.0 Å². The molecular weight excluding hydrogens is 146 g/mol. The zero-order valence-corrected chi connectivity index (χ0v) is 7.16. The molecular formula is C7H15NO3. The maximum absolute atomic E-state index is 10.00. The number of nitrogens with one attached hydrogen (secondary N) is 1. The first-order valence-electron chi connectivity index (χ1n) is 3.52. The van der Waals surface area contributed by atoms with Gasteiger partial charge in [0.2, 0.25) is 6.41 Å². The summed E-state index contributed by atoms with van der Waals surface area (Å²) in [5, 5.41) is 2.59. The molecule has 0 radical (unpaired) electrons. The molecule has 0 saturated carbocycles. The van der Waals surface area contributed by atoms with Gasteiger partial charge >= 0.3 is 0 Å². The molecule has 0 aliphatic heterocycles. The minimum atomic E-state index is -0.0276. The zero-order valence-electron chi connectivity index (χ0n) is 7.16. The van der Waals surface area contributed by atoms with Crippen molar-refractivity contribution in [1.29, 1.82) is 0 Å². The lowest BCUT2D eigenvalue weighted by Crippen LogP contribution is -2.36. The molecule has 0 fully saturated rings. The molecule has 0 aromatic heterocycles. The minimum Gasteiger partial charge on any atom is -0.359 e. The summed E-state index contributed by atoms with van der Waals surface area (Å²) in [6.45, 7) is 4.00. The van der Waals surface area contributed by atoms with Gasteiger partial charge in [-0.3, -0.25) is 4.79 Å². The van der Waals surface area contributed by atoms with Gasteiger partial charge in [0, 0.05) is 7.11 Å². The highest BCUT2D eigenvalue weighted by atomic mass is 16.7. The fourth-order valence-corrected chi connectivity index (χ4v) is 0.563. The zero-order chi connectivity index (χ0) is 8.69. The molecule has 0 aromatic carbocycles. The molecule has 11 heavy (non-hydrogen) atoms. The van der Waals surface area contributed by atoms with Gasteiger partial charge in [-0.2, -0.15) is 0 Å². The second-order valence-corrected chi connectivity index (χ2v) is 2.35. The highest BCUT2D eigenvalue weighted by molar-refractivity contribution is 5.46. The molecule has 0 rings (SSSR count). The number of methoxy groups -OCH3 is 1. The summed E-state index contributed by atoms with van der Waals surface area (Å²) in [6.07, 6.45) is 0.636.